The average molecular weight is 380 g/mol. The van der Waals surface area contributed by atoms with Gasteiger partial charge in [-0.2, -0.15) is 5.10 Å². The van der Waals surface area contributed by atoms with Gasteiger partial charge in [0.25, 0.3) is 5.91 Å². The number of aryl methyl sites for hydroxylation is 1. The molecule has 1 aliphatic rings. The van der Waals surface area contributed by atoms with Gasteiger partial charge in [0.2, 0.25) is 0 Å². The van der Waals surface area contributed by atoms with Crippen molar-refractivity contribution in [1.82, 2.24) is 0 Å². The van der Waals surface area contributed by atoms with Gasteiger partial charge in [-0.05, 0) is 56.0 Å². The zero-order chi connectivity index (χ0) is 19.8. The summed E-state index contributed by atoms with van der Waals surface area (Å²) < 4.78 is 5.69. The molecule has 0 saturated carbocycles. The van der Waals surface area contributed by atoms with E-state index >= 15 is 0 Å². The van der Waals surface area contributed by atoms with E-state index in [1.807, 2.05) is 43.3 Å². The largest absolute Gasteiger partial charge is 0.376 e. The minimum absolute atomic E-state index is 0. The number of hydrogen-bond acceptors (Lipinski definition) is 5. The molecule has 1 heterocycles. The van der Waals surface area contributed by atoms with Crippen LogP contribution in [-0.2, 0) is 4.74 Å². The summed E-state index contributed by atoms with van der Waals surface area (Å²) in [6, 6.07) is 14.8. The first-order valence-corrected chi connectivity index (χ1v) is 9.54. The number of anilines is 1. The fraction of sp³-hybridized carbons (Fsp3) is 0.318. The van der Waals surface area contributed by atoms with Crippen molar-refractivity contribution < 1.29 is 11.0 Å². The molecule has 2 aromatic rings. The molecule has 3 N–H and O–H groups in total. The van der Waals surface area contributed by atoms with Gasteiger partial charge in [0.05, 0.1) is 12.6 Å². The van der Waals surface area contributed by atoms with E-state index in [1.165, 1.54) is 6.42 Å². The zero-order valence-corrected chi connectivity index (χ0v) is 16.1. The van der Waals surface area contributed by atoms with Gasteiger partial charge in [-0.25, -0.2) is 0 Å². The van der Waals surface area contributed by atoms with Crippen molar-refractivity contribution in [2.45, 2.75) is 32.3 Å². The van der Waals surface area contributed by atoms with Crippen LogP contribution in [0, 0.1) is 6.92 Å². The number of nitrogens with two attached hydrogens (primary N) is 1. The maximum atomic E-state index is 12.3. The molecule has 1 unspecified atom stereocenters. The number of hydrazone groups is 1. The zero-order valence-electron chi connectivity index (χ0n) is 16.1. The average Bonchev–Trinajstić information content (AvgIpc) is 2.73. The summed E-state index contributed by atoms with van der Waals surface area (Å²) in [5, 5.41) is 6.79. The Balaban J connectivity index is 0.00000300. The molecule has 28 heavy (non-hydrogen) atoms. The van der Waals surface area contributed by atoms with Crippen molar-refractivity contribution in [3.05, 3.63) is 65.2 Å². The van der Waals surface area contributed by atoms with E-state index < -0.39 is 0 Å². The molecule has 6 heteroatoms. The quantitative estimate of drug-likeness (QED) is 0.454. The highest BCUT2D eigenvalue weighted by atomic mass is 16.5. The molecule has 3 rings (SSSR count). The third-order valence-corrected chi connectivity index (χ3v) is 4.73. The van der Waals surface area contributed by atoms with Crippen LogP contribution in [0.3, 0.4) is 0 Å². The first-order valence-electron chi connectivity index (χ1n) is 9.54. The smallest absolute Gasteiger partial charge is 0.255 e. The summed E-state index contributed by atoms with van der Waals surface area (Å²) in [7, 11) is 0. The van der Waals surface area contributed by atoms with Gasteiger partial charge in [0.1, 0.15) is 5.71 Å². The van der Waals surface area contributed by atoms with E-state index in [0.717, 1.165) is 36.3 Å². The van der Waals surface area contributed by atoms with Gasteiger partial charge in [-0.3, -0.25) is 9.79 Å². The summed E-state index contributed by atoms with van der Waals surface area (Å²) in [5.41, 5.74) is 3.78. The predicted molar refractivity (Wildman–Crippen MR) is 115 cm³/mol. The molecule has 0 radical (unpaired) electrons. The van der Waals surface area contributed by atoms with Gasteiger partial charge in [-0.15, -0.1) is 0 Å². The van der Waals surface area contributed by atoms with Crippen LogP contribution in [0.4, 0.5) is 5.69 Å². The maximum absolute atomic E-state index is 12.3. The number of nitrogens with zero attached hydrogens (tertiary/aromatic N) is 2. The van der Waals surface area contributed by atoms with Crippen molar-refractivity contribution in [2.75, 3.05) is 18.5 Å². The number of carbonyl (C=O) groups excluding carboxylic acids is 1. The number of hydrogen-bond donors (Lipinski definition) is 2. The van der Waals surface area contributed by atoms with E-state index in [9.17, 15) is 4.79 Å². The Hall–Kier alpha value is -2.99. The Kier molecular flexibility index (Phi) is 6.92. The molecular weight excluding hydrogens is 352 g/mol. The van der Waals surface area contributed by atoms with Crippen molar-refractivity contribution in [1.29, 1.82) is 0 Å². The van der Waals surface area contributed by atoms with E-state index in [4.69, 9.17) is 10.6 Å². The van der Waals surface area contributed by atoms with E-state index in [-0.39, 0.29) is 13.4 Å². The highest BCUT2D eigenvalue weighted by molar-refractivity contribution is 6.38. The van der Waals surface area contributed by atoms with Crippen molar-refractivity contribution in [3.63, 3.8) is 0 Å². The number of amides is 1. The summed E-state index contributed by atoms with van der Waals surface area (Å²) in [6.45, 7) is 3.38. The Morgan fingerprint density at radius 1 is 1.29 bits per heavy atom. The summed E-state index contributed by atoms with van der Waals surface area (Å²) >= 11 is 0. The molecule has 1 atom stereocenters. The molecule has 0 bridgehead atoms. The van der Waals surface area contributed by atoms with Gasteiger partial charge in [0, 0.05) is 31.1 Å². The van der Waals surface area contributed by atoms with E-state index in [1.54, 1.807) is 18.3 Å². The molecule has 0 aromatic heterocycles. The number of ether oxygens (including phenoxy) is 1. The molecule has 148 valence electrons. The number of aliphatic imine (C=N–C) groups is 1. The predicted octanol–water partition coefficient (Wildman–Crippen LogP) is 3.80. The second-order valence-electron chi connectivity index (χ2n) is 6.85. The van der Waals surface area contributed by atoms with Crippen molar-refractivity contribution in [2.24, 2.45) is 15.9 Å². The summed E-state index contributed by atoms with van der Waals surface area (Å²) in [4.78, 5) is 16.8. The molecule has 1 saturated heterocycles. The van der Waals surface area contributed by atoms with Crippen LogP contribution in [0.5, 0.6) is 0 Å². The minimum Gasteiger partial charge on any atom is -0.376 e. The Labute approximate surface area is 167 Å². The molecule has 6 nitrogen and oxygen atoms in total. The highest BCUT2D eigenvalue weighted by Gasteiger charge is 2.13. The van der Waals surface area contributed by atoms with Crippen LogP contribution in [0.1, 0.15) is 42.2 Å². The second kappa shape index (κ2) is 9.80. The van der Waals surface area contributed by atoms with Gasteiger partial charge in [-0.1, -0.05) is 24.3 Å². The fourth-order valence-electron chi connectivity index (χ4n) is 3.20. The van der Waals surface area contributed by atoms with Crippen LogP contribution >= 0.6 is 0 Å². The third kappa shape index (κ3) is 5.27. The van der Waals surface area contributed by atoms with Crippen LogP contribution in [0.15, 0.2) is 58.6 Å². The first kappa shape index (κ1) is 19.8. The van der Waals surface area contributed by atoms with E-state index in [2.05, 4.69) is 15.4 Å². The molecule has 1 fully saturated rings. The third-order valence-electron chi connectivity index (χ3n) is 4.73. The van der Waals surface area contributed by atoms with Crippen molar-refractivity contribution in [3.8, 4) is 0 Å². The lowest BCUT2D eigenvalue weighted by atomic mass is 10.0. The molecule has 0 aliphatic carbocycles. The number of rotatable bonds is 6. The minimum atomic E-state index is -0.144. The monoisotopic (exact) mass is 380 g/mol. The number of carbonyl (C=O) groups is 1. The van der Waals surface area contributed by atoms with Gasteiger partial charge < -0.3 is 15.9 Å². The summed E-state index contributed by atoms with van der Waals surface area (Å²) in [6.07, 6.45) is 5.24. The molecule has 2 aromatic carbocycles. The molecular formula is C22H28N4O2. The number of benzene rings is 2. The lowest BCUT2D eigenvalue weighted by molar-refractivity contribution is 0.0226. The lowest BCUT2D eigenvalue weighted by Gasteiger charge is -2.20. The van der Waals surface area contributed by atoms with Crippen LogP contribution in [-0.4, -0.2) is 37.1 Å². The SMILES string of the molecule is Cc1cc(NC(=O)c2ccccc2)ccc1/C(C=NCC1CCCCO1)=N/N.[HH]. The first-order chi connectivity index (χ1) is 13.7. The molecule has 1 amide bonds. The van der Waals surface area contributed by atoms with Crippen molar-refractivity contribution >= 4 is 23.5 Å². The van der Waals surface area contributed by atoms with Gasteiger partial charge in [0.15, 0.2) is 0 Å². The Morgan fingerprint density at radius 2 is 2.11 bits per heavy atom. The highest BCUT2D eigenvalue weighted by Crippen LogP contribution is 2.17. The standard InChI is InChI=1S/C22H26N4O2.H2/c1-16-13-18(25-22(27)17-7-3-2-4-8-17)10-11-20(16)21(26-23)15-24-14-19-9-5-6-12-28-19;/h2-4,7-8,10-11,13,15,19H,5-6,9,12,14,23H2,1H3,(H,25,27);1H/b24-15?,26-21+;. The lowest BCUT2D eigenvalue weighted by Crippen LogP contribution is -2.22. The topological polar surface area (TPSA) is 89.1 Å². The molecule has 1 aliphatic heterocycles. The van der Waals surface area contributed by atoms with E-state index in [0.29, 0.717) is 17.8 Å². The maximum Gasteiger partial charge on any atom is 0.255 e. The van der Waals surface area contributed by atoms with Crippen LogP contribution in [0.25, 0.3) is 0 Å². The Bertz CT molecular complexity index is 862. The van der Waals surface area contributed by atoms with Gasteiger partial charge >= 0.3 is 0 Å². The summed E-state index contributed by atoms with van der Waals surface area (Å²) in [5.74, 6) is 5.44. The fourth-order valence-corrected chi connectivity index (χ4v) is 3.20. The molecule has 0 spiro atoms. The normalized spacial score (nSPS) is 17.6. The van der Waals surface area contributed by atoms with Crippen LogP contribution < -0.4 is 11.2 Å². The second-order valence-corrected chi connectivity index (χ2v) is 6.85. The number of nitrogens with one attached hydrogen (secondary N) is 1. The van der Waals surface area contributed by atoms with Crippen LogP contribution in [0.2, 0.25) is 0 Å². The Morgan fingerprint density at radius 3 is 2.79 bits per heavy atom.